The van der Waals surface area contributed by atoms with Crippen LogP contribution in [-0.4, -0.2) is 63.0 Å². The lowest BCUT2D eigenvalue weighted by Crippen LogP contribution is -2.43. The van der Waals surface area contributed by atoms with Crippen LogP contribution in [0.4, 0.5) is 5.82 Å². The molecule has 10 nitrogen and oxygen atoms in total. The highest BCUT2D eigenvalue weighted by Gasteiger charge is 2.34. The number of nitrogens with zero attached hydrogens (tertiary/aromatic N) is 4. The summed E-state index contributed by atoms with van der Waals surface area (Å²) in [6, 6.07) is 2.07. The quantitative estimate of drug-likeness (QED) is 0.149. The fraction of sp³-hybridized carbons (Fsp3) is 0.586. The van der Waals surface area contributed by atoms with Crippen molar-refractivity contribution in [2.75, 3.05) is 31.1 Å². The van der Waals surface area contributed by atoms with Crippen LogP contribution in [0.5, 0.6) is 0 Å². The number of hydrogen-bond acceptors (Lipinski definition) is 9. The fourth-order valence-electron chi connectivity index (χ4n) is 5.18. The first kappa shape index (κ1) is 32.3. The number of aliphatic carboxylic acids is 1. The molecule has 222 valence electrons. The van der Waals surface area contributed by atoms with Crippen LogP contribution in [-0.2, 0) is 25.7 Å². The molecule has 1 amide bonds. The molecule has 1 aromatic rings. The van der Waals surface area contributed by atoms with Crippen LogP contribution < -0.4 is 10.5 Å². The number of thiocarbonyl (C=S) groups is 1. The van der Waals surface area contributed by atoms with Gasteiger partial charge in [0.25, 0.3) is 11.5 Å². The lowest BCUT2D eigenvalue weighted by Gasteiger charge is -2.36. The number of ether oxygens (including phenoxy) is 1. The summed E-state index contributed by atoms with van der Waals surface area (Å²) < 4.78 is 7.33. The third-order valence-corrected chi connectivity index (χ3v) is 8.72. The van der Waals surface area contributed by atoms with Gasteiger partial charge in [0.1, 0.15) is 21.8 Å². The minimum Gasteiger partial charge on any atom is -0.481 e. The van der Waals surface area contributed by atoms with Gasteiger partial charge >= 0.3 is 11.9 Å². The highest BCUT2D eigenvalue weighted by atomic mass is 32.2. The zero-order chi connectivity index (χ0) is 30.1. The third-order valence-electron chi connectivity index (χ3n) is 7.34. The van der Waals surface area contributed by atoms with Gasteiger partial charge in [-0.05, 0) is 57.6 Å². The van der Waals surface area contributed by atoms with Crippen LogP contribution in [0, 0.1) is 24.2 Å². The van der Waals surface area contributed by atoms with Gasteiger partial charge in [-0.25, -0.2) is 0 Å². The molecule has 3 rings (SSSR count). The Morgan fingerprint density at radius 1 is 1.20 bits per heavy atom. The predicted octanol–water partition coefficient (Wildman–Crippen LogP) is 4.45. The number of aromatic nitrogens is 1. The van der Waals surface area contributed by atoms with E-state index in [0.717, 1.165) is 19.3 Å². The second kappa shape index (κ2) is 15.2. The number of carboxylic acid groups (broad SMARTS) is 1. The molecule has 1 atom stereocenters. The molecule has 3 heterocycles. The monoisotopic (exact) mass is 602 g/mol. The van der Waals surface area contributed by atoms with Crippen molar-refractivity contribution in [3.8, 4) is 6.07 Å². The average molecular weight is 603 g/mol. The van der Waals surface area contributed by atoms with E-state index in [1.54, 1.807) is 24.5 Å². The Bertz CT molecular complexity index is 1320. The number of nitriles is 1. The van der Waals surface area contributed by atoms with Crippen molar-refractivity contribution in [3.63, 3.8) is 0 Å². The zero-order valence-corrected chi connectivity index (χ0v) is 25.6. The van der Waals surface area contributed by atoms with Gasteiger partial charge < -0.3 is 14.7 Å². The summed E-state index contributed by atoms with van der Waals surface area (Å²) >= 11 is 6.68. The predicted molar refractivity (Wildman–Crippen MR) is 163 cm³/mol. The molecule has 41 heavy (non-hydrogen) atoms. The number of carbonyl (C=O) groups excluding carboxylic acids is 2. The molecule has 0 aromatic carbocycles. The van der Waals surface area contributed by atoms with Crippen LogP contribution in [0.15, 0.2) is 9.70 Å². The molecule has 1 N–H and O–H groups in total. The van der Waals surface area contributed by atoms with Gasteiger partial charge in [0.05, 0.1) is 17.4 Å². The van der Waals surface area contributed by atoms with E-state index in [-0.39, 0.29) is 35.3 Å². The number of pyridine rings is 1. The lowest BCUT2D eigenvalue weighted by atomic mass is 9.96. The Morgan fingerprint density at radius 3 is 2.61 bits per heavy atom. The minimum atomic E-state index is -0.844. The van der Waals surface area contributed by atoms with E-state index in [2.05, 4.69) is 6.07 Å². The number of anilines is 1. The molecule has 0 aliphatic carbocycles. The number of amides is 1. The number of carboxylic acids is 1. The average Bonchev–Trinajstić information content (AvgIpc) is 3.21. The van der Waals surface area contributed by atoms with Crippen molar-refractivity contribution in [2.24, 2.45) is 5.92 Å². The fourth-order valence-corrected chi connectivity index (χ4v) is 6.47. The molecule has 2 aliphatic heterocycles. The maximum absolute atomic E-state index is 13.5. The Kier molecular flexibility index (Phi) is 12.0. The molecule has 2 fully saturated rings. The molecule has 2 aliphatic rings. The van der Waals surface area contributed by atoms with E-state index in [9.17, 15) is 24.4 Å². The van der Waals surface area contributed by atoms with Crippen molar-refractivity contribution in [3.05, 3.63) is 31.9 Å². The first-order chi connectivity index (χ1) is 19.6. The standard InChI is InChI=1S/C29H38N4O6S2/c1-4-6-14-32-25(31-13-10-11-20(18-31)28(38)39-5-2)21(19(3)22(17-30)26(32)36)16-23-27(37)33(29(40)41-23)15-9-7-8-12-24(34)35/h16,20H,4-15,18H2,1-3H3,(H,34,35)/b23-16+. The van der Waals surface area contributed by atoms with E-state index >= 15 is 0 Å². The van der Waals surface area contributed by atoms with Gasteiger partial charge in [-0.2, -0.15) is 5.26 Å². The number of rotatable bonds is 13. The highest BCUT2D eigenvalue weighted by molar-refractivity contribution is 8.26. The smallest absolute Gasteiger partial charge is 0.310 e. The van der Waals surface area contributed by atoms with Crippen LogP contribution in [0.2, 0.25) is 0 Å². The van der Waals surface area contributed by atoms with Crippen LogP contribution in [0.1, 0.15) is 81.9 Å². The Balaban J connectivity index is 2.04. The molecule has 2 saturated heterocycles. The minimum absolute atomic E-state index is 0.0314. The molecular weight excluding hydrogens is 564 g/mol. The molecule has 0 saturated carbocycles. The topological polar surface area (TPSA) is 133 Å². The number of unbranched alkanes of at least 4 members (excludes halogenated alkanes) is 3. The summed E-state index contributed by atoms with van der Waals surface area (Å²) in [6.07, 6.45) is 6.61. The maximum atomic E-state index is 13.5. The maximum Gasteiger partial charge on any atom is 0.310 e. The molecule has 1 unspecified atom stereocenters. The zero-order valence-electron chi connectivity index (χ0n) is 23.9. The number of hydrogen-bond donors (Lipinski definition) is 1. The van der Waals surface area contributed by atoms with Gasteiger partial charge in [0.15, 0.2) is 0 Å². The molecule has 12 heteroatoms. The van der Waals surface area contributed by atoms with E-state index in [1.807, 2.05) is 11.8 Å². The summed E-state index contributed by atoms with van der Waals surface area (Å²) in [5.41, 5.74) is 0.739. The SMILES string of the molecule is CCCCn1c(N2CCCC(C(=O)OCC)C2)c(/C=C2/SC(=S)N(CCCCCC(=O)O)C2=O)c(C)c(C#N)c1=O. The van der Waals surface area contributed by atoms with Gasteiger partial charge in [-0.1, -0.05) is 43.7 Å². The normalized spacial score (nSPS) is 18.2. The van der Waals surface area contributed by atoms with Gasteiger partial charge in [0.2, 0.25) is 0 Å². The number of carbonyl (C=O) groups is 3. The largest absolute Gasteiger partial charge is 0.481 e. The first-order valence-corrected chi connectivity index (χ1v) is 15.4. The Hall–Kier alpha value is -3.17. The number of piperidine rings is 1. The summed E-state index contributed by atoms with van der Waals surface area (Å²) in [5.74, 6) is -1.11. The van der Waals surface area contributed by atoms with Crippen molar-refractivity contribution >= 4 is 58.0 Å². The number of thioether (sulfide) groups is 1. The number of esters is 1. The van der Waals surface area contributed by atoms with Crippen molar-refractivity contribution in [1.82, 2.24) is 9.47 Å². The van der Waals surface area contributed by atoms with Crippen molar-refractivity contribution < 1.29 is 24.2 Å². The van der Waals surface area contributed by atoms with E-state index < -0.39 is 5.97 Å². The third kappa shape index (κ3) is 7.77. The van der Waals surface area contributed by atoms with Crippen LogP contribution in [0.25, 0.3) is 6.08 Å². The van der Waals surface area contributed by atoms with Gasteiger partial charge in [-0.15, -0.1) is 0 Å². The molecule has 0 bridgehead atoms. The van der Waals surface area contributed by atoms with Crippen molar-refractivity contribution in [2.45, 2.75) is 78.7 Å². The van der Waals surface area contributed by atoms with Gasteiger partial charge in [0, 0.05) is 38.2 Å². The van der Waals surface area contributed by atoms with Crippen LogP contribution >= 0.6 is 24.0 Å². The van der Waals surface area contributed by atoms with E-state index in [1.165, 1.54) is 16.7 Å². The summed E-state index contributed by atoms with van der Waals surface area (Å²) in [4.78, 5) is 54.3. The Labute approximate surface area is 250 Å². The highest BCUT2D eigenvalue weighted by Crippen LogP contribution is 2.37. The molecule has 0 spiro atoms. The van der Waals surface area contributed by atoms with E-state index in [0.29, 0.717) is 84.6 Å². The lowest BCUT2D eigenvalue weighted by molar-refractivity contribution is -0.148. The second-order valence-electron chi connectivity index (χ2n) is 10.2. The summed E-state index contributed by atoms with van der Waals surface area (Å²) in [5, 5.41) is 18.8. The molecule has 1 aromatic heterocycles. The summed E-state index contributed by atoms with van der Waals surface area (Å²) in [6.45, 7) is 7.58. The van der Waals surface area contributed by atoms with E-state index in [4.69, 9.17) is 22.1 Å². The molecular formula is C29H38N4O6S2. The Morgan fingerprint density at radius 2 is 1.95 bits per heavy atom. The second-order valence-corrected chi connectivity index (χ2v) is 11.9. The van der Waals surface area contributed by atoms with Crippen LogP contribution in [0.3, 0.4) is 0 Å². The first-order valence-electron chi connectivity index (χ1n) is 14.2. The van der Waals surface area contributed by atoms with Gasteiger partial charge in [-0.3, -0.25) is 28.6 Å². The molecule has 0 radical (unpaired) electrons. The summed E-state index contributed by atoms with van der Waals surface area (Å²) in [7, 11) is 0. The van der Waals surface area contributed by atoms with Crippen molar-refractivity contribution in [1.29, 1.82) is 5.26 Å².